The lowest BCUT2D eigenvalue weighted by Crippen LogP contribution is -2.24. The number of ether oxygens (including phenoxy) is 1. The van der Waals surface area contributed by atoms with Gasteiger partial charge in [-0.3, -0.25) is 0 Å². The van der Waals surface area contributed by atoms with Crippen LogP contribution >= 0.6 is 0 Å². The van der Waals surface area contributed by atoms with Crippen LogP contribution in [0.5, 0.6) is 0 Å². The zero-order valence-electron chi connectivity index (χ0n) is 9.24. The summed E-state index contributed by atoms with van der Waals surface area (Å²) in [5.41, 5.74) is 11.5. The van der Waals surface area contributed by atoms with E-state index in [4.69, 9.17) is 16.2 Å². The van der Waals surface area contributed by atoms with Crippen LogP contribution in [0.15, 0.2) is 0 Å². The van der Waals surface area contributed by atoms with Crippen molar-refractivity contribution in [1.29, 1.82) is 0 Å². The molecule has 0 bridgehead atoms. The Morgan fingerprint density at radius 3 is 2.36 bits per heavy atom. The highest BCUT2D eigenvalue weighted by atomic mass is 16.6. The second kappa shape index (κ2) is 6.38. The minimum absolute atomic E-state index is 0.503. The SMILES string of the molecule is CCCC(CN)CC(CN)CC1CO1. The van der Waals surface area contributed by atoms with Crippen LogP contribution in [0.2, 0.25) is 0 Å². The predicted octanol–water partition coefficient (Wildman–Crippen LogP) is 1.12. The summed E-state index contributed by atoms with van der Waals surface area (Å²) in [5.74, 6) is 1.27. The summed E-state index contributed by atoms with van der Waals surface area (Å²) in [7, 11) is 0. The maximum atomic E-state index is 5.75. The van der Waals surface area contributed by atoms with E-state index in [-0.39, 0.29) is 0 Å². The summed E-state index contributed by atoms with van der Waals surface area (Å²) >= 11 is 0. The molecule has 1 saturated heterocycles. The minimum atomic E-state index is 0.503. The number of hydrogen-bond acceptors (Lipinski definition) is 3. The normalized spacial score (nSPS) is 24.6. The van der Waals surface area contributed by atoms with Crippen LogP contribution in [0.25, 0.3) is 0 Å². The fourth-order valence-electron chi connectivity index (χ4n) is 2.08. The van der Waals surface area contributed by atoms with Gasteiger partial charge in [-0.1, -0.05) is 13.3 Å². The molecule has 0 saturated carbocycles. The van der Waals surface area contributed by atoms with Gasteiger partial charge in [0, 0.05) is 0 Å². The van der Waals surface area contributed by atoms with Gasteiger partial charge in [0.05, 0.1) is 12.7 Å². The van der Waals surface area contributed by atoms with Crippen LogP contribution in [-0.2, 0) is 4.74 Å². The standard InChI is InChI=1S/C11H24N2O/c1-2-3-9(6-12)4-10(7-13)5-11-8-14-11/h9-11H,2-8,12-13H2,1H3. The van der Waals surface area contributed by atoms with Crippen molar-refractivity contribution in [3.8, 4) is 0 Å². The summed E-state index contributed by atoms with van der Waals surface area (Å²) in [4.78, 5) is 0. The van der Waals surface area contributed by atoms with Gasteiger partial charge in [0.15, 0.2) is 0 Å². The quantitative estimate of drug-likeness (QED) is 0.577. The Morgan fingerprint density at radius 2 is 1.93 bits per heavy atom. The molecule has 0 radical (unpaired) electrons. The van der Waals surface area contributed by atoms with Gasteiger partial charge in [0.2, 0.25) is 0 Å². The maximum Gasteiger partial charge on any atom is 0.0813 e. The smallest absolute Gasteiger partial charge is 0.0813 e. The fraction of sp³-hybridized carbons (Fsp3) is 1.00. The predicted molar refractivity (Wildman–Crippen MR) is 59.0 cm³/mol. The first-order valence-electron chi connectivity index (χ1n) is 5.81. The topological polar surface area (TPSA) is 64.6 Å². The van der Waals surface area contributed by atoms with Crippen molar-refractivity contribution in [2.45, 2.75) is 38.7 Å². The molecule has 1 rings (SSSR count). The minimum Gasteiger partial charge on any atom is -0.373 e. The molecule has 1 aliphatic heterocycles. The van der Waals surface area contributed by atoms with Crippen molar-refractivity contribution in [1.82, 2.24) is 0 Å². The van der Waals surface area contributed by atoms with E-state index in [1.807, 2.05) is 0 Å². The molecule has 0 aromatic carbocycles. The first-order valence-corrected chi connectivity index (χ1v) is 5.81. The van der Waals surface area contributed by atoms with Crippen LogP contribution < -0.4 is 11.5 Å². The summed E-state index contributed by atoms with van der Waals surface area (Å²) in [6.45, 7) is 4.73. The lowest BCUT2D eigenvalue weighted by molar-refractivity contribution is 0.304. The molecule has 0 amide bonds. The van der Waals surface area contributed by atoms with Crippen molar-refractivity contribution in [2.75, 3.05) is 19.7 Å². The van der Waals surface area contributed by atoms with Gasteiger partial charge in [-0.05, 0) is 44.2 Å². The number of nitrogens with two attached hydrogens (primary N) is 2. The summed E-state index contributed by atoms with van der Waals surface area (Å²) in [6.07, 6.45) is 5.28. The molecule has 3 nitrogen and oxygen atoms in total. The van der Waals surface area contributed by atoms with Crippen LogP contribution in [0, 0.1) is 11.8 Å². The third-order valence-corrected chi connectivity index (χ3v) is 3.03. The van der Waals surface area contributed by atoms with Crippen LogP contribution in [0.4, 0.5) is 0 Å². The van der Waals surface area contributed by atoms with E-state index in [0.717, 1.165) is 26.1 Å². The van der Waals surface area contributed by atoms with Crippen molar-refractivity contribution in [2.24, 2.45) is 23.3 Å². The highest BCUT2D eigenvalue weighted by Gasteiger charge is 2.27. The van der Waals surface area contributed by atoms with Gasteiger partial charge in [0.25, 0.3) is 0 Å². The maximum absolute atomic E-state index is 5.75. The summed E-state index contributed by atoms with van der Waals surface area (Å²) in [6, 6.07) is 0. The molecule has 0 spiro atoms. The Balaban J connectivity index is 2.20. The van der Waals surface area contributed by atoms with Gasteiger partial charge in [-0.2, -0.15) is 0 Å². The molecular weight excluding hydrogens is 176 g/mol. The molecule has 0 aromatic heterocycles. The van der Waals surface area contributed by atoms with Gasteiger partial charge in [0.1, 0.15) is 0 Å². The van der Waals surface area contributed by atoms with E-state index in [9.17, 15) is 0 Å². The molecule has 0 aromatic rings. The van der Waals surface area contributed by atoms with Crippen molar-refractivity contribution < 1.29 is 4.74 Å². The molecule has 14 heavy (non-hydrogen) atoms. The second-order valence-electron chi connectivity index (χ2n) is 4.42. The first-order chi connectivity index (χ1) is 6.80. The van der Waals surface area contributed by atoms with Gasteiger partial charge in [-0.25, -0.2) is 0 Å². The second-order valence-corrected chi connectivity index (χ2v) is 4.42. The van der Waals surface area contributed by atoms with Gasteiger partial charge in [-0.15, -0.1) is 0 Å². The fourth-order valence-corrected chi connectivity index (χ4v) is 2.08. The average molecular weight is 200 g/mol. The lowest BCUT2D eigenvalue weighted by atomic mass is 9.88. The highest BCUT2D eigenvalue weighted by Crippen LogP contribution is 2.25. The van der Waals surface area contributed by atoms with E-state index in [1.165, 1.54) is 19.3 Å². The van der Waals surface area contributed by atoms with Crippen LogP contribution in [0.3, 0.4) is 0 Å². The van der Waals surface area contributed by atoms with E-state index in [2.05, 4.69) is 6.92 Å². The number of hydrogen-bond donors (Lipinski definition) is 2. The van der Waals surface area contributed by atoms with E-state index in [0.29, 0.717) is 17.9 Å². The van der Waals surface area contributed by atoms with Crippen LogP contribution in [-0.4, -0.2) is 25.8 Å². The molecule has 3 heteroatoms. The Bertz CT molecular complexity index is 148. The Labute approximate surface area is 87.2 Å². The van der Waals surface area contributed by atoms with E-state index >= 15 is 0 Å². The first kappa shape index (κ1) is 12.0. The molecule has 1 aliphatic rings. The molecule has 3 atom stereocenters. The van der Waals surface area contributed by atoms with E-state index < -0.39 is 0 Å². The van der Waals surface area contributed by atoms with Gasteiger partial charge < -0.3 is 16.2 Å². The van der Waals surface area contributed by atoms with Crippen molar-refractivity contribution in [3.05, 3.63) is 0 Å². The molecular formula is C11H24N2O. The lowest BCUT2D eigenvalue weighted by Gasteiger charge is -2.20. The van der Waals surface area contributed by atoms with Gasteiger partial charge >= 0.3 is 0 Å². The highest BCUT2D eigenvalue weighted by molar-refractivity contribution is 4.77. The third kappa shape index (κ3) is 4.40. The molecule has 84 valence electrons. The van der Waals surface area contributed by atoms with Crippen LogP contribution in [0.1, 0.15) is 32.6 Å². The largest absolute Gasteiger partial charge is 0.373 e. The number of epoxide rings is 1. The van der Waals surface area contributed by atoms with Crippen molar-refractivity contribution in [3.63, 3.8) is 0 Å². The average Bonchev–Trinajstić information content (AvgIpc) is 2.99. The Kier molecular flexibility index (Phi) is 5.45. The van der Waals surface area contributed by atoms with Crippen molar-refractivity contribution >= 4 is 0 Å². The molecule has 3 unspecified atom stereocenters. The summed E-state index contributed by atoms with van der Waals surface area (Å²) < 4.78 is 5.23. The monoisotopic (exact) mass is 200 g/mol. The number of rotatable bonds is 8. The summed E-state index contributed by atoms with van der Waals surface area (Å²) in [5, 5.41) is 0. The third-order valence-electron chi connectivity index (χ3n) is 3.03. The Morgan fingerprint density at radius 1 is 1.29 bits per heavy atom. The zero-order valence-corrected chi connectivity index (χ0v) is 9.24. The molecule has 0 aliphatic carbocycles. The zero-order chi connectivity index (χ0) is 10.4. The Hall–Kier alpha value is -0.120. The van der Waals surface area contributed by atoms with E-state index in [1.54, 1.807) is 0 Å². The molecule has 1 heterocycles. The molecule has 4 N–H and O–H groups in total. The molecule has 1 fully saturated rings.